The second kappa shape index (κ2) is 9.79. The molecule has 0 aliphatic heterocycles. The largest absolute Gasteiger partial charge is 0.381 e. The monoisotopic (exact) mass is 549 g/mol. The summed E-state index contributed by atoms with van der Waals surface area (Å²) in [5.41, 5.74) is 9.97. The zero-order chi connectivity index (χ0) is 28.0. The number of aromatic nitrogens is 7. The molecular weight excluding hydrogens is 526 g/mol. The maximum atomic E-state index is 14.1. The first-order valence-corrected chi connectivity index (χ1v) is 13.2. The highest BCUT2D eigenvalue weighted by atomic mass is 32.1. The van der Waals surface area contributed by atoms with Crippen LogP contribution in [0.4, 0.5) is 5.82 Å². The van der Waals surface area contributed by atoms with Crippen molar-refractivity contribution in [1.82, 2.24) is 39.1 Å². The summed E-state index contributed by atoms with van der Waals surface area (Å²) in [5, 5.41) is 13.1. The molecule has 6 aromatic rings. The number of nitrogens with zero attached hydrogens (tertiary/aromatic N) is 7. The standard InChI is InChI=1S/C28H23N9O2S/c1-16(32-26(38)22-24(29)34-36-13-7-12-30-25(22)36)23-21(18-8-5-4-6-9-18)27(39)37-20(15-40-28(37)33-23)11-10-19-14-31-35(3)17(19)2/h4-9,12-16H,1-3H3,(H2,29,34)(H,32,38)/t16-/m0/s1. The molecule has 1 atom stereocenters. The van der Waals surface area contributed by atoms with E-state index in [1.165, 1.54) is 20.3 Å². The van der Waals surface area contributed by atoms with Crippen LogP contribution in [0.25, 0.3) is 21.7 Å². The summed E-state index contributed by atoms with van der Waals surface area (Å²) < 4.78 is 4.70. The Hall–Kier alpha value is -5.28. The van der Waals surface area contributed by atoms with Crippen LogP contribution in [0.3, 0.4) is 0 Å². The minimum absolute atomic E-state index is 0.0560. The Morgan fingerprint density at radius 3 is 2.73 bits per heavy atom. The predicted molar refractivity (Wildman–Crippen MR) is 152 cm³/mol. The van der Waals surface area contributed by atoms with E-state index in [0.29, 0.717) is 33.1 Å². The molecule has 0 bridgehead atoms. The average Bonchev–Trinajstić information content (AvgIpc) is 3.62. The van der Waals surface area contributed by atoms with Crippen molar-refractivity contribution in [2.45, 2.75) is 19.9 Å². The molecular formula is C28H23N9O2S. The Morgan fingerprint density at radius 1 is 1.18 bits per heavy atom. The summed E-state index contributed by atoms with van der Waals surface area (Å²) in [7, 11) is 1.85. The highest BCUT2D eigenvalue weighted by molar-refractivity contribution is 7.15. The predicted octanol–water partition coefficient (Wildman–Crippen LogP) is 2.98. The number of hydrogen-bond acceptors (Lipinski definition) is 8. The maximum absolute atomic E-state index is 14.1. The van der Waals surface area contributed by atoms with E-state index >= 15 is 0 Å². The van der Waals surface area contributed by atoms with Crippen LogP contribution in [0.15, 0.2) is 65.2 Å². The minimum Gasteiger partial charge on any atom is -0.381 e. The summed E-state index contributed by atoms with van der Waals surface area (Å²) >= 11 is 1.30. The molecule has 0 unspecified atom stereocenters. The molecule has 1 amide bonds. The smallest absolute Gasteiger partial charge is 0.267 e. The lowest BCUT2D eigenvalue weighted by atomic mass is 10.0. The van der Waals surface area contributed by atoms with Crippen LogP contribution in [-0.2, 0) is 7.05 Å². The first-order chi connectivity index (χ1) is 19.3. The van der Waals surface area contributed by atoms with E-state index in [2.05, 4.69) is 32.3 Å². The van der Waals surface area contributed by atoms with E-state index in [1.54, 1.807) is 41.6 Å². The van der Waals surface area contributed by atoms with E-state index in [1.807, 2.05) is 44.3 Å². The lowest BCUT2D eigenvalue weighted by Crippen LogP contribution is -2.30. The SMILES string of the molecule is Cc1c(C#Cc2csc3nc([C@H](C)NC(=O)c4c(N)nn5cccnc45)c(-c4ccccc4)c(=O)n23)cnn1C. The van der Waals surface area contributed by atoms with Gasteiger partial charge in [0.2, 0.25) is 0 Å². The third-order valence-electron chi connectivity index (χ3n) is 6.63. The van der Waals surface area contributed by atoms with Gasteiger partial charge >= 0.3 is 0 Å². The van der Waals surface area contributed by atoms with Gasteiger partial charge in [0.1, 0.15) is 11.3 Å². The van der Waals surface area contributed by atoms with E-state index in [0.717, 1.165) is 11.3 Å². The first kappa shape index (κ1) is 25.0. The van der Waals surface area contributed by atoms with Crippen molar-refractivity contribution in [2.24, 2.45) is 7.05 Å². The molecule has 1 aromatic carbocycles. The summed E-state index contributed by atoms with van der Waals surface area (Å²) in [6.07, 6.45) is 4.92. The van der Waals surface area contributed by atoms with Gasteiger partial charge in [0.25, 0.3) is 11.5 Å². The van der Waals surface area contributed by atoms with Gasteiger partial charge < -0.3 is 11.1 Å². The number of anilines is 1. The summed E-state index contributed by atoms with van der Waals surface area (Å²) in [4.78, 5) is 37.0. The van der Waals surface area contributed by atoms with Crippen molar-refractivity contribution in [3.05, 3.63) is 98.9 Å². The molecule has 5 aromatic heterocycles. The number of carbonyl (C=O) groups excluding carboxylic acids is 1. The highest BCUT2D eigenvalue weighted by Crippen LogP contribution is 2.27. The van der Waals surface area contributed by atoms with Gasteiger partial charge in [0.05, 0.1) is 34.8 Å². The molecule has 0 spiro atoms. The van der Waals surface area contributed by atoms with Crippen LogP contribution in [0, 0.1) is 18.8 Å². The molecule has 0 radical (unpaired) electrons. The van der Waals surface area contributed by atoms with Gasteiger partial charge in [-0.2, -0.15) is 5.10 Å². The minimum atomic E-state index is -0.645. The van der Waals surface area contributed by atoms with Crippen molar-refractivity contribution >= 4 is 33.7 Å². The van der Waals surface area contributed by atoms with Gasteiger partial charge in [-0.1, -0.05) is 36.3 Å². The molecule has 5 heterocycles. The quantitative estimate of drug-likeness (QED) is 0.323. The van der Waals surface area contributed by atoms with Crippen molar-refractivity contribution in [1.29, 1.82) is 0 Å². The lowest BCUT2D eigenvalue weighted by molar-refractivity contribution is 0.0941. The topological polar surface area (TPSA) is 138 Å². The molecule has 12 heteroatoms. The van der Waals surface area contributed by atoms with Gasteiger partial charge in [0, 0.05) is 24.8 Å². The fraction of sp³-hybridized carbons (Fsp3) is 0.143. The lowest BCUT2D eigenvalue weighted by Gasteiger charge is -2.17. The molecule has 0 saturated heterocycles. The van der Waals surface area contributed by atoms with Crippen LogP contribution in [-0.4, -0.2) is 39.7 Å². The van der Waals surface area contributed by atoms with Crippen LogP contribution >= 0.6 is 11.3 Å². The first-order valence-electron chi connectivity index (χ1n) is 12.3. The summed E-state index contributed by atoms with van der Waals surface area (Å²) in [5.74, 6) is 5.82. The molecule has 0 aliphatic carbocycles. The number of rotatable bonds is 4. The Balaban J connectivity index is 1.45. The van der Waals surface area contributed by atoms with Gasteiger partial charge in [0.15, 0.2) is 16.4 Å². The number of hydrogen-bond donors (Lipinski definition) is 2. The number of benzene rings is 1. The number of nitrogen functional groups attached to an aromatic ring is 1. The molecule has 6 rings (SSSR count). The van der Waals surface area contributed by atoms with E-state index in [9.17, 15) is 9.59 Å². The Morgan fingerprint density at radius 2 is 1.98 bits per heavy atom. The third-order valence-corrected chi connectivity index (χ3v) is 7.45. The van der Waals surface area contributed by atoms with Crippen LogP contribution in [0.5, 0.6) is 0 Å². The van der Waals surface area contributed by atoms with E-state index < -0.39 is 11.9 Å². The van der Waals surface area contributed by atoms with Gasteiger partial charge in [-0.05, 0) is 31.4 Å². The van der Waals surface area contributed by atoms with Gasteiger partial charge in [-0.25, -0.2) is 18.9 Å². The van der Waals surface area contributed by atoms with E-state index in [4.69, 9.17) is 10.7 Å². The Kier molecular flexibility index (Phi) is 6.13. The van der Waals surface area contributed by atoms with Crippen LogP contribution in [0.2, 0.25) is 0 Å². The van der Waals surface area contributed by atoms with Crippen molar-refractivity contribution in [2.75, 3.05) is 5.73 Å². The number of fused-ring (bicyclic) bond motifs is 2. The number of carbonyl (C=O) groups is 1. The van der Waals surface area contributed by atoms with Gasteiger partial charge in [-0.3, -0.25) is 14.3 Å². The molecule has 0 aliphatic rings. The fourth-order valence-electron chi connectivity index (χ4n) is 4.46. The van der Waals surface area contributed by atoms with Crippen molar-refractivity contribution < 1.29 is 4.79 Å². The normalized spacial score (nSPS) is 11.9. The molecule has 3 N–H and O–H groups in total. The number of thiazole rings is 1. The molecule has 0 saturated carbocycles. The molecule has 198 valence electrons. The fourth-order valence-corrected chi connectivity index (χ4v) is 5.28. The zero-order valence-electron chi connectivity index (χ0n) is 21.8. The highest BCUT2D eigenvalue weighted by Gasteiger charge is 2.25. The van der Waals surface area contributed by atoms with Crippen molar-refractivity contribution in [3.8, 4) is 23.0 Å². The van der Waals surface area contributed by atoms with Crippen molar-refractivity contribution in [3.63, 3.8) is 0 Å². The second-order valence-electron chi connectivity index (χ2n) is 9.14. The molecule has 0 fully saturated rings. The van der Waals surface area contributed by atoms with Gasteiger partial charge in [-0.15, -0.1) is 16.4 Å². The maximum Gasteiger partial charge on any atom is 0.267 e. The number of nitrogens with two attached hydrogens (primary N) is 1. The number of aryl methyl sites for hydroxylation is 1. The summed E-state index contributed by atoms with van der Waals surface area (Å²) in [6.45, 7) is 3.71. The van der Waals surface area contributed by atoms with Crippen LogP contribution < -0.4 is 16.6 Å². The molecule has 11 nitrogen and oxygen atoms in total. The summed E-state index contributed by atoms with van der Waals surface area (Å²) in [6, 6.07) is 10.3. The number of amides is 1. The number of nitrogens with one attached hydrogen (secondary N) is 1. The zero-order valence-corrected chi connectivity index (χ0v) is 22.6. The Bertz CT molecular complexity index is 2040. The second-order valence-corrected chi connectivity index (χ2v) is 9.98. The van der Waals surface area contributed by atoms with Crippen LogP contribution in [0.1, 0.15) is 46.0 Å². The molecule has 40 heavy (non-hydrogen) atoms. The Labute approximate surface area is 231 Å². The third kappa shape index (κ3) is 4.18. The average molecular weight is 550 g/mol. The van der Waals surface area contributed by atoms with E-state index in [-0.39, 0.29) is 16.9 Å².